The van der Waals surface area contributed by atoms with Gasteiger partial charge in [0.05, 0.1) is 18.9 Å². The third-order valence-corrected chi connectivity index (χ3v) is 7.31. The van der Waals surface area contributed by atoms with Gasteiger partial charge in [-0.2, -0.15) is 9.97 Å². The molecule has 36 heavy (non-hydrogen) atoms. The first-order valence-electron chi connectivity index (χ1n) is 11.7. The number of nitrogens with zero attached hydrogens (tertiary/aromatic N) is 5. The van der Waals surface area contributed by atoms with Crippen LogP contribution in [0, 0.1) is 6.92 Å². The summed E-state index contributed by atoms with van der Waals surface area (Å²) in [6.45, 7) is 5.83. The number of nitrogens with two attached hydrogens (primary N) is 1. The number of ether oxygens (including phenoxy) is 1. The van der Waals surface area contributed by atoms with Crippen LogP contribution in [0.5, 0.6) is 0 Å². The number of primary amides is 1. The predicted octanol–water partition coefficient (Wildman–Crippen LogP) is 2.57. The molecule has 1 amide bonds. The van der Waals surface area contributed by atoms with E-state index in [0.29, 0.717) is 42.1 Å². The van der Waals surface area contributed by atoms with Crippen molar-refractivity contribution in [2.24, 2.45) is 5.73 Å². The van der Waals surface area contributed by atoms with Gasteiger partial charge in [0.15, 0.2) is 5.13 Å². The molecule has 12 heteroatoms. The lowest BCUT2D eigenvalue weighted by molar-refractivity contribution is 0.0701. The number of benzene rings is 1. The van der Waals surface area contributed by atoms with E-state index in [1.54, 1.807) is 19.1 Å². The number of carboxylic acids is 1. The summed E-state index contributed by atoms with van der Waals surface area (Å²) >= 11 is 1.06. The molecule has 2 aliphatic heterocycles. The standard InChI is InChI=1S/C24H27N7O4S/c1-14-18(22(33)34)36-24(26-14)29-23-27-20(30-9-11-35-12-10-30)17-3-2-8-31(21(17)28-23)13-15-4-6-16(7-5-15)19(25)32/h4-7H,2-3,8-13H2,1H3,(H2,25,32)(H,33,34)(H,26,27,28,29). The van der Waals surface area contributed by atoms with Gasteiger partial charge in [0.25, 0.3) is 0 Å². The Balaban J connectivity index is 1.50. The number of carboxylic acid groups (broad SMARTS) is 1. The Morgan fingerprint density at radius 2 is 1.83 bits per heavy atom. The first-order valence-corrected chi connectivity index (χ1v) is 12.6. The Labute approximate surface area is 211 Å². The van der Waals surface area contributed by atoms with Crippen molar-refractivity contribution in [2.45, 2.75) is 26.3 Å². The second-order valence-corrected chi connectivity index (χ2v) is 9.72. The molecule has 11 nitrogen and oxygen atoms in total. The van der Waals surface area contributed by atoms with Crippen molar-refractivity contribution in [1.29, 1.82) is 0 Å². The summed E-state index contributed by atoms with van der Waals surface area (Å²) in [4.78, 5) is 41.6. The molecule has 1 aromatic carbocycles. The third kappa shape index (κ3) is 4.95. The van der Waals surface area contributed by atoms with E-state index in [1.807, 2.05) is 12.1 Å². The van der Waals surface area contributed by atoms with Gasteiger partial charge in [-0.3, -0.25) is 10.1 Å². The lowest BCUT2D eigenvalue weighted by Gasteiger charge is -2.35. The normalized spacial score (nSPS) is 15.5. The number of aromatic carboxylic acids is 1. The van der Waals surface area contributed by atoms with Gasteiger partial charge in [-0.05, 0) is 37.5 Å². The van der Waals surface area contributed by atoms with Crippen molar-refractivity contribution in [3.8, 4) is 0 Å². The highest BCUT2D eigenvalue weighted by Gasteiger charge is 2.27. The molecule has 0 aliphatic carbocycles. The SMILES string of the molecule is Cc1nc(Nc2nc(N3CCOCC3)c3c(n2)N(Cc2ccc(C(N)=O)cc2)CCC3)sc1C(=O)O. The Morgan fingerprint density at radius 3 is 2.50 bits per heavy atom. The molecule has 2 aliphatic rings. The van der Waals surface area contributed by atoms with E-state index in [0.717, 1.165) is 66.6 Å². The number of amides is 1. The van der Waals surface area contributed by atoms with E-state index in [2.05, 4.69) is 20.1 Å². The summed E-state index contributed by atoms with van der Waals surface area (Å²) in [7, 11) is 0. The van der Waals surface area contributed by atoms with Crippen molar-refractivity contribution in [2.75, 3.05) is 48.0 Å². The number of nitrogens with one attached hydrogen (secondary N) is 1. The molecule has 5 rings (SSSR count). The highest BCUT2D eigenvalue weighted by Crippen LogP contribution is 2.35. The van der Waals surface area contributed by atoms with Crippen molar-refractivity contribution in [1.82, 2.24) is 15.0 Å². The monoisotopic (exact) mass is 509 g/mol. The van der Waals surface area contributed by atoms with Crippen LogP contribution in [-0.4, -0.2) is 64.8 Å². The number of hydrogen-bond donors (Lipinski definition) is 3. The van der Waals surface area contributed by atoms with E-state index in [-0.39, 0.29) is 4.88 Å². The van der Waals surface area contributed by atoms with Gasteiger partial charge in [-0.25, -0.2) is 9.78 Å². The lowest BCUT2D eigenvalue weighted by Crippen LogP contribution is -2.39. The molecule has 0 saturated carbocycles. The summed E-state index contributed by atoms with van der Waals surface area (Å²) in [6.07, 6.45) is 1.83. The minimum atomic E-state index is -1.01. The summed E-state index contributed by atoms with van der Waals surface area (Å²) in [5, 5.41) is 13.0. The number of thiazole rings is 1. The van der Waals surface area contributed by atoms with Crippen molar-refractivity contribution < 1.29 is 19.4 Å². The number of fused-ring (bicyclic) bond motifs is 1. The molecule has 188 valence electrons. The maximum atomic E-state index is 11.5. The lowest BCUT2D eigenvalue weighted by atomic mass is 10.0. The molecule has 0 radical (unpaired) electrons. The van der Waals surface area contributed by atoms with Crippen LogP contribution in [0.15, 0.2) is 24.3 Å². The van der Waals surface area contributed by atoms with Gasteiger partial charge < -0.3 is 25.4 Å². The maximum absolute atomic E-state index is 11.5. The predicted molar refractivity (Wildman–Crippen MR) is 136 cm³/mol. The molecule has 1 fully saturated rings. The number of morpholine rings is 1. The topological polar surface area (TPSA) is 147 Å². The van der Waals surface area contributed by atoms with E-state index in [4.69, 9.17) is 20.4 Å². The first kappa shape index (κ1) is 23.9. The second kappa shape index (κ2) is 10.1. The number of hydrogen-bond acceptors (Lipinski definition) is 10. The van der Waals surface area contributed by atoms with Crippen LogP contribution in [0.4, 0.5) is 22.7 Å². The zero-order valence-corrected chi connectivity index (χ0v) is 20.7. The Bertz CT molecular complexity index is 1290. The highest BCUT2D eigenvalue weighted by molar-refractivity contribution is 7.17. The molecule has 2 aromatic heterocycles. The van der Waals surface area contributed by atoms with Crippen molar-refractivity contribution in [3.05, 3.63) is 51.5 Å². The van der Waals surface area contributed by atoms with Crippen LogP contribution in [0.1, 0.15) is 43.3 Å². The summed E-state index contributed by atoms with van der Waals surface area (Å²) in [6, 6.07) is 7.28. The van der Waals surface area contributed by atoms with Gasteiger partial charge in [0, 0.05) is 37.3 Å². The largest absolute Gasteiger partial charge is 0.477 e. The quantitative estimate of drug-likeness (QED) is 0.434. The van der Waals surface area contributed by atoms with E-state index in [9.17, 15) is 14.7 Å². The fourth-order valence-corrected chi connectivity index (χ4v) is 5.28. The number of carbonyl (C=O) groups excluding carboxylic acids is 1. The number of rotatable bonds is 7. The fourth-order valence-electron chi connectivity index (χ4n) is 4.48. The van der Waals surface area contributed by atoms with E-state index in [1.165, 1.54) is 0 Å². The maximum Gasteiger partial charge on any atom is 0.347 e. The molecule has 0 atom stereocenters. The third-order valence-electron chi connectivity index (χ3n) is 6.25. The molecular weight excluding hydrogens is 482 g/mol. The van der Waals surface area contributed by atoms with Gasteiger partial charge in [0.2, 0.25) is 11.9 Å². The second-order valence-electron chi connectivity index (χ2n) is 8.72. The Hall–Kier alpha value is -3.77. The van der Waals surface area contributed by atoms with Crippen LogP contribution in [0.25, 0.3) is 0 Å². The van der Waals surface area contributed by atoms with Crippen LogP contribution in [-0.2, 0) is 17.7 Å². The van der Waals surface area contributed by atoms with Gasteiger partial charge in [0.1, 0.15) is 16.5 Å². The average Bonchev–Trinajstić information content (AvgIpc) is 3.25. The van der Waals surface area contributed by atoms with Crippen LogP contribution in [0.2, 0.25) is 0 Å². The van der Waals surface area contributed by atoms with Gasteiger partial charge >= 0.3 is 5.97 Å². The van der Waals surface area contributed by atoms with E-state index < -0.39 is 11.9 Å². The Morgan fingerprint density at radius 1 is 1.11 bits per heavy atom. The van der Waals surface area contributed by atoms with Gasteiger partial charge in [-0.15, -0.1) is 0 Å². The van der Waals surface area contributed by atoms with Gasteiger partial charge in [-0.1, -0.05) is 23.5 Å². The zero-order valence-electron chi connectivity index (χ0n) is 19.9. The first-order chi connectivity index (χ1) is 17.4. The number of aryl methyl sites for hydroxylation is 1. The zero-order chi connectivity index (χ0) is 25.2. The molecule has 4 N–H and O–H groups in total. The number of aromatic nitrogens is 3. The molecule has 0 spiro atoms. The summed E-state index contributed by atoms with van der Waals surface area (Å²) in [5.74, 6) is 0.619. The summed E-state index contributed by atoms with van der Waals surface area (Å²) < 4.78 is 5.55. The van der Waals surface area contributed by atoms with Crippen molar-refractivity contribution >= 4 is 45.9 Å². The molecule has 0 bridgehead atoms. The summed E-state index contributed by atoms with van der Waals surface area (Å²) in [5.41, 5.74) is 8.43. The molecule has 4 heterocycles. The van der Waals surface area contributed by atoms with Crippen LogP contribution >= 0.6 is 11.3 Å². The van der Waals surface area contributed by atoms with Crippen LogP contribution in [0.3, 0.4) is 0 Å². The average molecular weight is 510 g/mol. The Kier molecular flexibility index (Phi) is 6.70. The minimum Gasteiger partial charge on any atom is -0.477 e. The molecular formula is C24H27N7O4S. The minimum absolute atomic E-state index is 0.185. The highest BCUT2D eigenvalue weighted by atomic mass is 32.1. The number of carbonyl (C=O) groups is 2. The molecule has 1 saturated heterocycles. The smallest absolute Gasteiger partial charge is 0.347 e. The molecule has 3 aromatic rings. The molecule has 0 unspecified atom stereocenters. The van der Waals surface area contributed by atoms with Crippen molar-refractivity contribution in [3.63, 3.8) is 0 Å². The number of anilines is 4. The fraction of sp³-hybridized carbons (Fsp3) is 0.375. The van der Waals surface area contributed by atoms with E-state index >= 15 is 0 Å². The van der Waals surface area contributed by atoms with Crippen LogP contribution < -0.4 is 20.9 Å².